The number of hydrogen-bond acceptors (Lipinski definition) is 4. The molecular weight excluding hydrogens is 321 g/mol. The quantitative estimate of drug-likeness (QED) is 0.195. The van der Waals surface area contributed by atoms with Crippen molar-refractivity contribution in [3.63, 3.8) is 0 Å². The number of ketones is 1. The van der Waals surface area contributed by atoms with Gasteiger partial charge >= 0.3 is 13.0 Å². The number of aromatic amines is 1. The number of benzene rings is 1. The third-order valence-electron chi connectivity index (χ3n) is 3.12. The molecule has 0 saturated carbocycles. The van der Waals surface area contributed by atoms with Gasteiger partial charge in [-0.3, -0.25) is 4.79 Å². The maximum Gasteiger partial charge on any atom is 0.437 e. The third kappa shape index (κ3) is 3.87. The molecule has 10 heteroatoms. The van der Waals surface area contributed by atoms with Gasteiger partial charge in [-0.25, -0.2) is 9.55 Å². The number of Topliss-reactive ketones (excluding diaryl/α,β-unsaturated/α-hetero) is 1. The number of nitrogens with zero attached hydrogens (tertiary/aromatic N) is 3. The van der Waals surface area contributed by atoms with Crippen LogP contribution >= 0.6 is 7.60 Å². The fraction of sp³-hybridized carbons (Fsp3) is 0.154. The summed E-state index contributed by atoms with van der Waals surface area (Å²) in [5, 5.41) is 0. The Morgan fingerprint density at radius 3 is 2.57 bits per heavy atom. The van der Waals surface area contributed by atoms with Crippen molar-refractivity contribution in [3.8, 4) is 0 Å². The highest BCUT2D eigenvalue weighted by Gasteiger charge is 2.37. The van der Waals surface area contributed by atoms with Gasteiger partial charge in [0.1, 0.15) is 0 Å². The second kappa shape index (κ2) is 6.78. The predicted octanol–water partition coefficient (Wildman–Crippen LogP) is 0.317. The molecule has 0 bridgehead atoms. The third-order valence-corrected chi connectivity index (χ3v) is 4.01. The Bertz CT molecular complexity index is 808. The zero-order chi connectivity index (χ0) is 17.0. The number of imidazole rings is 1. The standard InChI is InChI=1S/C13H14N5O4P/c14-11(5-8-6-16-7-17-8)12(19)9-3-1-2-4-10(9)13(18-15)23(20,21)22/h1-4,6-7,11H,5,14H2,(H,16,17)(H2,20,21,22)/t11-/m0/s1. The molecular formula is C13H14N5O4P. The molecule has 23 heavy (non-hydrogen) atoms. The van der Waals surface area contributed by atoms with E-state index < -0.39 is 24.9 Å². The van der Waals surface area contributed by atoms with Crippen LogP contribution in [0.3, 0.4) is 0 Å². The number of aromatic nitrogens is 2. The molecule has 9 nitrogen and oxygen atoms in total. The monoisotopic (exact) mass is 335 g/mol. The largest absolute Gasteiger partial charge is 0.437 e. The second-order valence-corrected chi connectivity index (χ2v) is 6.26. The van der Waals surface area contributed by atoms with Gasteiger partial charge in [-0.15, -0.1) is 0 Å². The topological polar surface area (TPSA) is 166 Å². The average molecular weight is 335 g/mol. The van der Waals surface area contributed by atoms with E-state index in [0.717, 1.165) is 0 Å². The molecule has 0 spiro atoms. The SMILES string of the molecule is [N-]=[N+]=C(c1ccccc1C(=O)[C@@H](N)Cc1c[nH]cn1)P(=O)(O)O. The first-order chi connectivity index (χ1) is 10.8. The summed E-state index contributed by atoms with van der Waals surface area (Å²) >= 11 is 0. The fourth-order valence-corrected chi connectivity index (χ4v) is 2.71. The lowest BCUT2D eigenvalue weighted by Gasteiger charge is -2.11. The van der Waals surface area contributed by atoms with Crippen LogP contribution in [0.15, 0.2) is 36.8 Å². The van der Waals surface area contributed by atoms with Gasteiger partial charge < -0.3 is 26.0 Å². The summed E-state index contributed by atoms with van der Waals surface area (Å²) < 4.78 is 11.4. The molecule has 1 aromatic carbocycles. The molecule has 0 unspecified atom stereocenters. The van der Waals surface area contributed by atoms with Crippen LogP contribution in [0.5, 0.6) is 0 Å². The van der Waals surface area contributed by atoms with Crippen molar-refractivity contribution >= 4 is 18.8 Å². The average Bonchev–Trinajstić information content (AvgIpc) is 2.99. The summed E-state index contributed by atoms with van der Waals surface area (Å²) in [5.41, 5.74) is 14.3. The minimum absolute atomic E-state index is 0.0355. The summed E-state index contributed by atoms with van der Waals surface area (Å²) in [6.45, 7) is 0. The van der Waals surface area contributed by atoms with E-state index in [0.29, 0.717) is 5.69 Å². The molecule has 5 N–H and O–H groups in total. The summed E-state index contributed by atoms with van der Waals surface area (Å²) in [7, 11) is -4.86. The number of nitrogens with one attached hydrogen (secondary N) is 1. The minimum Gasteiger partial charge on any atom is -0.360 e. The maximum atomic E-state index is 12.5. The first-order valence-corrected chi connectivity index (χ1v) is 8.11. The highest BCUT2D eigenvalue weighted by Crippen LogP contribution is 2.39. The Hall–Kier alpha value is -2.41. The number of carbonyl (C=O) groups excluding carboxylic acids is 1. The van der Waals surface area contributed by atoms with Crippen LogP contribution in [0, 0.1) is 0 Å². The molecule has 1 heterocycles. The number of rotatable bonds is 6. The van der Waals surface area contributed by atoms with Crippen LogP contribution < -0.4 is 5.73 Å². The highest BCUT2D eigenvalue weighted by molar-refractivity contribution is 7.70. The van der Waals surface area contributed by atoms with E-state index in [1.54, 1.807) is 6.20 Å². The fourth-order valence-electron chi connectivity index (χ4n) is 2.08. The van der Waals surface area contributed by atoms with Crippen molar-refractivity contribution in [3.05, 3.63) is 59.1 Å². The summed E-state index contributed by atoms with van der Waals surface area (Å²) in [5.74, 6) is -0.543. The van der Waals surface area contributed by atoms with E-state index in [4.69, 9.17) is 11.3 Å². The van der Waals surface area contributed by atoms with E-state index in [1.165, 1.54) is 30.6 Å². The predicted molar refractivity (Wildman–Crippen MR) is 80.8 cm³/mol. The Labute approximate surface area is 131 Å². The number of nitrogens with two attached hydrogens (primary N) is 1. The van der Waals surface area contributed by atoms with Crippen molar-refractivity contribution in [2.45, 2.75) is 12.5 Å². The molecule has 0 aliphatic carbocycles. The first kappa shape index (κ1) is 17.0. The molecule has 1 aromatic heterocycles. The van der Waals surface area contributed by atoms with E-state index in [2.05, 4.69) is 14.8 Å². The summed E-state index contributed by atoms with van der Waals surface area (Å²) in [6.07, 6.45) is 3.19. The maximum absolute atomic E-state index is 12.5. The zero-order valence-electron chi connectivity index (χ0n) is 11.8. The smallest absolute Gasteiger partial charge is 0.360 e. The molecule has 0 aliphatic heterocycles. The van der Waals surface area contributed by atoms with Crippen LogP contribution in [-0.2, 0) is 11.0 Å². The van der Waals surface area contributed by atoms with Crippen molar-refractivity contribution in [2.24, 2.45) is 5.73 Å². The van der Waals surface area contributed by atoms with Crippen molar-refractivity contribution in [2.75, 3.05) is 0 Å². The Kier molecular flexibility index (Phi) is 5.00. The van der Waals surface area contributed by atoms with Gasteiger partial charge in [0.2, 0.25) is 0 Å². The second-order valence-electron chi connectivity index (χ2n) is 4.75. The van der Waals surface area contributed by atoms with Crippen molar-refractivity contribution < 1.29 is 23.9 Å². The molecule has 0 radical (unpaired) electrons. The van der Waals surface area contributed by atoms with Gasteiger partial charge in [0.05, 0.1) is 23.6 Å². The number of hydrogen-bond donors (Lipinski definition) is 4. The number of carbonyl (C=O) groups is 1. The minimum atomic E-state index is -4.86. The first-order valence-electron chi connectivity index (χ1n) is 6.49. The summed E-state index contributed by atoms with van der Waals surface area (Å²) in [6, 6.07) is 4.67. The van der Waals surface area contributed by atoms with Crippen LogP contribution in [0.1, 0.15) is 21.6 Å². The molecule has 2 rings (SSSR count). The molecule has 120 valence electrons. The zero-order valence-corrected chi connectivity index (χ0v) is 12.7. The molecule has 0 fully saturated rings. The lowest BCUT2D eigenvalue weighted by molar-refractivity contribution is -0.00159. The van der Waals surface area contributed by atoms with Gasteiger partial charge in [0.25, 0.3) is 0 Å². The Morgan fingerprint density at radius 2 is 2.04 bits per heavy atom. The van der Waals surface area contributed by atoms with Crippen LogP contribution in [0.4, 0.5) is 0 Å². The van der Waals surface area contributed by atoms with Crippen LogP contribution in [-0.4, -0.2) is 41.8 Å². The Balaban J connectivity index is 2.38. The van der Waals surface area contributed by atoms with Crippen LogP contribution in [0.25, 0.3) is 5.53 Å². The molecule has 1 atom stereocenters. The van der Waals surface area contributed by atoms with Gasteiger partial charge in [-0.05, 0) is 6.07 Å². The van der Waals surface area contributed by atoms with Gasteiger partial charge in [0.15, 0.2) is 5.78 Å². The number of H-pyrrole nitrogens is 1. The lowest BCUT2D eigenvalue weighted by Crippen LogP contribution is -2.34. The Morgan fingerprint density at radius 1 is 1.39 bits per heavy atom. The normalized spacial score (nSPS) is 12.5. The lowest BCUT2D eigenvalue weighted by atomic mass is 9.97. The van der Waals surface area contributed by atoms with Gasteiger partial charge in [0, 0.05) is 18.2 Å². The molecule has 0 amide bonds. The van der Waals surface area contributed by atoms with E-state index in [9.17, 15) is 19.1 Å². The van der Waals surface area contributed by atoms with Crippen molar-refractivity contribution in [1.29, 1.82) is 0 Å². The van der Waals surface area contributed by atoms with E-state index in [1.807, 2.05) is 0 Å². The highest BCUT2D eigenvalue weighted by atomic mass is 31.2. The summed E-state index contributed by atoms with van der Waals surface area (Å²) in [4.78, 5) is 40.3. The van der Waals surface area contributed by atoms with Gasteiger partial charge in [-0.2, -0.15) is 4.79 Å². The molecule has 0 aliphatic rings. The van der Waals surface area contributed by atoms with E-state index >= 15 is 0 Å². The van der Waals surface area contributed by atoms with Crippen molar-refractivity contribution in [1.82, 2.24) is 9.97 Å². The molecule has 0 saturated heterocycles. The van der Waals surface area contributed by atoms with Crippen LogP contribution in [0.2, 0.25) is 0 Å². The van der Waals surface area contributed by atoms with E-state index in [-0.39, 0.29) is 17.5 Å². The van der Waals surface area contributed by atoms with Gasteiger partial charge in [-0.1, -0.05) is 18.2 Å². The molecule has 2 aromatic rings.